The van der Waals surface area contributed by atoms with Crippen LogP contribution >= 0.6 is 0 Å². The maximum Gasteiger partial charge on any atom is 0.261 e. The number of hydrogen-bond donors (Lipinski definition) is 1. The van der Waals surface area contributed by atoms with E-state index in [9.17, 15) is 8.42 Å². The van der Waals surface area contributed by atoms with E-state index in [1.165, 1.54) is 10.5 Å². The second-order valence-electron chi connectivity index (χ2n) is 3.74. The van der Waals surface area contributed by atoms with Gasteiger partial charge >= 0.3 is 0 Å². The molecule has 1 saturated heterocycles. The minimum absolute atomic E-state index is 0.0622. The van der Waals surface area contributed by atoms with Gasteiger partial charge < -0.3 is 4.98 Å². The van der Waals surface area contributed by atoms with E-state index in [0.29, 0.717) is 18.8 Å². The molecule has 86 valence electrons. The molecular formula is C9H12N4O2S. The van der Waals surface area contributed by atoms with Crippen molar-refractivity contribution in [3.63, 3.8) is 0 Å². The molecule has 1 N–H and O–H groups in total. The first-order valence-corrected chi connectivity index (χ1v) is 6.43. The van der Waals surface area contributed by atoms with Crippen molar-refractivity contribution in [2.24, 2.45) is 0 Å². The van der Waals surface area contributed by atoms with Crippen LogP contribution in [0.5, 0.6) is 0 Å². The second kappa shape index (κ2) is 3.88. The summed E-state index contributed by atoms with van der Waals surface area (Å²) in [6.45, 7) is 2.09. The summed E-state index contributed by atoms with van der Waals surface area (Å²) in [6.07, 6.45) is 2.62. The molecular weight excluding hydrogens is 228 g/mol. The van der Waals surface area contributed by atoms with Crippen LogP contribution in [0.3, 0.4) is 0 Å². The first-order chi connectivity index (χ1) is 7.55. The van der Waals surface area contributed by atoms with Crippen molar-refractivity contribution in [2.75, 3.05) is 6.54 Å². The summed E-state index contributed by atoms with van der Waals surface area (Å²) in [6, 6.07) is 1.46. The average Bonchev–Trinajstić information content (AvgIpc) is 2.85. The van der Waals surface area contributed by atoms with Gasteiger partial charge in [0.2, 0.25) is 0 Å². The molecule has 7 heteroatoms. The monoisotopic (exact) mass is 240 g/mol. The van der Waals surface area contributed by atoms with Gasteiger partial charge in [0.1, 0.15) is 11.9 Å². The van der Waals surface area contributed by atoms with Crippen molar-refractivity contribution in [2.45, 2.75) is 30.8 Å². The van der Waals surface area contributed by atoms with Gasteiger partial charge in [-0.1, -0.05) is 0 Å². The molecule has 6 nitrogen and oxygen atoms in total. The number of hydrogen-bond acceptors (Lipinski definition) is 4. The number of nitriles is 1. The largest absolute Gasteiger partial charge is 0.332 e. The number of nitrogens with zero attached hydrogens (tertiary/aromatic N) is 3. The Morgan fingerprint density at radius 1 is 1.69 bits per heavy atom. The van der Waals surface area contributed by atoms with Crippen LogP contribution in [0.15, 0.2) is 11.2 Å². The predicted molar refractivity (Wildman–Crippen MR) is 55.9 cm³/mol. The van der Waals surface area contributed by atoms with E-state index >= 15 is 0 Å². The molecule has 1 aromatic rings. The van der Waals surface area contributed by atoms with Crippen molar-refractivity contribution < 1.29 is 8.42 Å². The summed E-state index contributed by atoms with van der Waals surface area (Å²) in [4.78, 5) is 6.55. The van der Waals surface area contributed by atoms with E-state index in [4.69, 9.17) is 5.26 Å². The Hall–Kier alpha value is -1.39. The van der Waals surface area contributed by atoms with Crippen LogP contribution in [-0.2, 0) is 10.0 Å². The summed E-state index contributed by atoms with van der Waals surface area (Å²) < 4.78 is 25.5. The second-order valence-corrected chi connectivity index (χ2v) is 5.59. The van der Waals surface area contributed by atoms with Crippen molar-refractivity contribution in [1.82, 2.24) is 14.3 Å². The van der Waals surface area contributed by atoms with E-state index in [0.717, 1.165) is 6.42 Å². The Balaban J connectivity index is 2.36. The van der Waals surface area contributed by atoms with Gasteiger partial charge in [0.25, 0.3) is 10.0 Å². The zero-order chi connectivity index (χ0) is 11.8. The van der Waals surface area contributed by atoms with Crippen LogP contribution in [0.25, 0.3) is 0 Å². The summed E-state index contributed by atoms with van der Waals surface area (Å²) >= 11 is 0. The summed E-state index contributed by atoms with van der Waals surface area (Å²) in [7, 11) is -3.59. The normalized spacial score (nSPS) is 22.1. The van der Waals surface area contributed by atoms with E-state index in [1.54, 1.807) is 6.92 Å². The molecule has 16 heavy (non-hydrogen) atoms. The molecule has 1 unspecified atom stereocenters. The van der Waals surface area contributed by atoms with Crippen molar-refractivity contribution in [1.29, 1.82) is 5.26 Å². The van der Waals surface area contributed by atoms with Crippen LogP contribution in [-0.4, -0.2) is 35.3 Å². The van der Waals surface area contributed by atoms with Crippen molar-refractivity contribution in [3.05, 3.63) is 12.0 Å². The van der Waals surface area contributed by atoms with Gasteiger partial charge in [-0.3, -0.25) is 0 Å². The summed E-state index contributed by atoms with van der Waals surface area (Å²) in [5.74, 6) is 0.547. The molecule has 0 saturated carbocycles. The minimum Gasteiger partial charge on any atom is -0.332 e. The Morgan fingerprint density at radius 2 is 2.44 bits per heavy atom. The molecule has 0 aliphatic carbocycles. The molecule has 1 aliphatic rings. The van der Waals surface area contributed by atoms with Gasteiger partial charge in [0, 0.05) is 6.54 Å². The molecule has 1 aliphatic heterocycles. The topological polar surface area (TPSA) is 89.8 Å². The maximum atomic E-state index is 12.1. The molecule has 1 fully saturated rings. The SMILES string of the molecule is Cc1ncc(S(=O)(=O)N2CCCC2C#N)[nH]1. The number of rotatable bonds is 2. The Bertz CT molecular complexity index is 528. The molecule has 2 rings (SSSR count). The molecule has 0 aromatic carbocycles. The number of aryl methyl sites for hydroxylation is 1. The Labute approximate surface area is 94.0 Å². The zero-order valence-electron chi connectivity index (χ0n) is 8.84. The molecule has 1 atom stereocenters. The van der Waals surface area contributed by atoms with Gasteiger partial charge in [0.05, 0.1) is 12.3 Å². The lowest BCUT2D eigenvalue weighted by Gasteiger charge is -2.17. The average molecular weight is 240 g/mol. The highest BCUT2D eigenvalue weighted by atomic mass is 32.2. The number of aromatic nitrogens is 2. The number of sulfonamides is 1. The molecule has 0 amide bonds. The third-order valence-electron chi connectivity index (χ3n) is 2.62. The predicted octanol–water partition coefficient (Wildman–Crippen LogP) is 0.395. The van der Waals surface area contributed by atoms with Gasteiger partial charge in [0.15, 0.2) is 5.03 Å². The zero-order valence-corrected chi connectivity index (χ0v) is 9.66. The lowest BCUT2D eigenvalue weighted by atomic mass is 10.2. The Morgan fingerprint density at radius 3 is 3.00 bits per heavy atom. The van der Waals surface area contributed by atoms with Gasteiger partial charge in [-0.2, -0.15) is 9.57 Å². The van der Waals surface area contributed by atoms with Crippen LogP contribution in [0, 0.1) is 18.3 Å². The number of imidazole rings is 1. The Kier molecular flexibility index (Phi) is 2.69. The highest BCUT2D eigenvalue weighted by molar-refractivity contribution is 7.89. The first kappa shape index (κ1) is 11.1. The van der Waals surface area contributed by atoms with Crippen LogP contribution < -0.4 is 0 Å². The molecule has 0 radical (unpaired) electrons. The van der Waals surface area contributed by atoms with Crippen LogP contribution in [0.2, 0.25) is 0 Å². The number of aromatic amines is 1. The fourth-order valence-corrected chi connectivity index (χ4v) is 3.38. The highest BCUT2D eigenvalue weighted by Crippen LogP contribution is 2.24. The first-order valence-electron chi connectivity index (χ1n) is 4.99. The highest BCUT2D eigenvalue weighted by Gasteiger charge is 2.36. The van der Waals surface area contributed by atoms with Crippen molar-refractivity contribution >= 4 is 10.0 Å². The van der Waals surface area contributed by atoms with E-state index in [2.05, 4.69) is 9.97 Å². The maximum absolute atomic E-state index is 12.1. The molecule has 1 aromatic heterocycles. The van der Waals surface area contributed by atoms with Crippen LogP contribution in [0.4, 0.5) is 0 Å². The third-order valence-corrected chi connectivity index (χ3v) is 4.44. The fraction of sp³-hybridized carbons (Fsp3) is 0.556. The van der Waals surface area contributed by atoms with Crippen molar-refractivity contribution in [3.8, 4) is 6.07 Å². The lowest BCUT2D eigenvalue weighted by Crippen LogP contribution is -2.34. The third kappa shape index (κ3) is 1.70. The van der Waals surface area contributed by atoms with Gasteiger partial charge in [-0.15, -0.1) is 0 Å². The minimum atomic E-state index is -3.59. The van der Waals surface area contributed by atoms with Gasteiger partial charge in [-0.05, 0) is 19.8 Å². The molecule has 2 heterocycles. The van der Waals surface area contributed by atoms with Crippen LogP contribution in [0.1, 0.15) is 18.7 Å². The van der Waals surface area contributed by atoms with E-state index in [1.807, 2.05) is 6.07 Å². The summed E-state index contributed by atoms with van der Waals surface area (Å²) in [5, 5.41) is 8.93. The number of nitrogens with one attached hydrogen (secondary N) is 1. The quantitative estimate of drug-likeness (QED) is 0.810. The standard InChI is InChI=1S/C9H12N4O2S/c1-7-11-6-9(12-7)16(14,15)13-4-2-3-8(13)5-10/h6,8H,2-4H2,1H3,(H,11,12). The fourth-order valence-electron chi connectivity index (χ4n) is 1.81. The summed E-state index contributed by atoms with van der Waals surface area (Å²) in [5.41, 5.74) is 0. The number of H-pyrrole nitrogens is 1. The van der Waals surface area contributed by atoms with Gasteiger partial charge in [-0.25, -0.2) is 13.4 Å². The molecule has 0 bridgehead atoms. The van der Waals surface area contributed by atoms with E-state index < -0.39 is 16.1 Å². The smallest absolute Gasteiger partial charge is 0.261 e. The lowest BCUT2D eigenvalue weighted by molar-refractivity contribution is 0.435. The molecule has 0 spiro atoms. The van der Waals surface area contributed by atoms with E-state index in [-0.39, 0.29) is 5.03 Å².